The van der Waals surface area contributed by atoms with Crippen LogP contribution in [0.25, 0.3) is 11.0 Å². The van der Waals surface area contributed by atoms with Crippen molar-refractivity contribution in [1.29, 1.82) is 0 Å². The van der Waals surface area contributed by atoms with Gasteiger partial charge in [-0.3, -0.25) is 4.79 Å². The number of anilines is 4. The summed E-state index contributed by atoms with van der Waals surface area (Å²) in [5.74, 6) is 0.116. The SMILES string of the molecule is Nc1ncccc1NCc1cccc(NC(=O)c2oc3ccc(Br)cc3c2N)c1. The van der Waals surface area contributed by atoms with Crippen molar-refractivity contribution in [3.05, 3.63) is 76.6 Å². The molecule has 7 nitrogen and oxygen atoms in total. The quantitative estimate of drug-likeness (QED) is 0.351. The number of benzene rings is 2. The second-order valence-electron chi connectivity index (χ2n) is 6.43. The Labute approximate surface area is 175 Å². The van der Waals surface area contributed by atoms with E-state index in [1.54, 1.807) is 18.3 Å². The first-order valence-electron chi connectivity index (χ1n) is 8.83. The maximum Gasteiger partial charge on any atom is 0.293 e. The van der Waals surface area contributed by atoms with Gasteiger partial charge in [0.05, 0.1) is 11.4 Å². The third kappa shape index (κ3) is 4.02. The second kappa shape index (κ2) is 7.84. The normalized spacial score (nSPS) is 10.8. The average Bonchev–Trinajstić information content (AvgIpc) is 3.04. The molecule has 0 fully saturated rings. The zero-order chi connectivity index (χ0) is 20.4. The fourth-order valence-electron chi connectivity index (χ4n) is 2.97. The number of carbonyl (C=O) groups is 1. The molecule has 0 spiro atoms. The third-order valence-corrected chi connectivity index (χ3v) is 4.89. The van der Waals surface area contributed by atoms with Crippen LogP contribution in [-0.2, 0) is 6.54 Å². The number of carbonyl (C=O) groups excluding carboxylic acids is 1. The van der Waals surface area contributed by atoms with Crippen LogP contribution in [0, 0.1) is 0 Å². The molecule has 0 aliphatic rings. The van der Waals surface area contributed by atoms with E-state index in [2.05, 4.69) is 31.5 Å². The predicted molar refractivity (Wildman–Crippen MR) is 119 cm³/mol. The maximum atomic E-state index is 12.7. The van der Waals surface area contributed by atoms with Crippen LogP contribution in [0.1, 0.15) is 16.1 Å². The molecule has 6 N–H and O–H groups in total. The minimum Gasteiger partial charge on any atom is -0.449 e. The van der Waals surface area contributed by atoms with Crippen LogP contribution in [0.3, 0.4) is 0 Å². The van der Waals surface area contributed by atoms with Gasteiger partial charge in [0.1, 0.15) is 11.4 Å². The van der Waals surface area contributed by atoms with E-state index in [1.165, 1.54) is 0 Å². The van der Waals surface area contributed by atoms with Crippen LogP contribution < -0.4 is 22.1 Å². The fraction of sp³-hybridized carbons (Fsp3) is 0.0476. The molecular formula is C21H18BrN5O2. The lowest BCUT2D eigenvalue weighted by Crippen LogP contribution is -2.13. The Bertz CT molecular complexity index is 1200. The number of halogens is 1. The maximum absolute atomic E-state index is 12.7. The lowest BCUT2D eigenvalue weighted by molar-refractivity contribution is 0.1000. The van der Waals surface area contributed by atoms with E-state index in [4.69, 9.17) is 15.9 Å². The van der Waals surface area contributed by atoms with Gasteiger partial charge >= 0.3 is 0 Å². The molecule has 0 radical (unpaired) electrons. The first kappa shape index (κ1) is 18.8. The van der Waals surface area contributed by atoms with Crippen LogP contribution in [0.2, 0.25) is 0 Å². The minimum absolute atomic E-state index is 0.0877. The molecule has 2 aromatic heterocycles. The highest BCUT2D eigenvalue weighted by molar-refractivity contribution is 9.10. The monoisotopic (exact) mass is 451 g/mol. The Balaban J connectivity index is 1.50. The number of nitrogens with two attached hydrogens (primary N) is 2. The van der Waals surface area contributed by atoms with Gasteiger partial charge < -0.3 is 26.5 Å². The topological polar surface area (TPSA) is 119 Å². The molecule has 4 aromatic rings. The van der Waals surface area contributed by atoms with Crippen molar-refractivity contribution in [1.82, 2.24) is 4.98 Å². The molecule has 0 aliphatic heterocycles. The van der Waals surface area contributed by atoms with Gasteiger partial charge in [0.25, 0.3) is 5.91 Å². The van der Waals surface area contributed by atoms with Gasteiger partial charge in [-0.1, -0.05) is 28.1 Å². The van der Waals surface area contributed by atoms with Crippen molar-refractivity contribution in [2.24, 2.45) is 0 Å². The number of pyridine rings is 1. The number of nitrogens with zero attached hydrogens (tertiary/aromatic N) is 1. The predicted octanol–water partition coefficient (Wildman–Crippen LogP) is 4.62. The third-order valence-electron chi connectivity index (χ3n) is 4.40. The number of hydrogen-bond acceptors (Lipinski definition) is 6. The number of furan rings is 1. The number of rotatable bonds is 5. The Morgan fingerprint density at radius 2 is 1.97 bits per heavy atom. The van der Waals surface area contributed by atoms with Gasteiger partial charge in [-0.05, 0) is 48.0 Å². The van der Waals surface area contributed by atoms with Gasteiger partial charge in [0, 0.05) is 28.3 Å². The van der Waals surface area contributed by atoms with Gasteiger partial charge in [-0.25, -0.2) is 4.98 Å². The fourth-order valence-corrected chi connectivity index (χ4v) is 3.33. The van der Waals surface area contributed by atoms with Crippen molar-refractivity contribution in [3.63, 3.8) is 0 Å². The lowest BCUT2D eigenvalue weighted by Gasteiger charge is -2.10. The van der Waals surface area contributed by atoms with Gasteiger partial charge in [-0.15, -0.1) is 0 Å². The first-order chi connectivity index (χ1) is 14.0. The summed E-state index contributed by atoms with van der Waals surface area (Å²) in [5.41, 5.74) is 15.2. The zero-order valence-corrected chi connectivity index (χ0v) is 16.9. The van der Waals surface area contributed by atoms with Gasteiger partial charge in [-0.2, -0.15) is 0 Å². The molecule has 0 saturated heterocycles. The molecule has 29 heavy (non-hydrogen) atoms. The number of hydrogen-bond donors (Lipinski definition) is 4. The zero-order valence-electron chi connectivity index (χ0n) is 15.3. The lowest BCUT2D eigenvalue weighted by atomic mass is 10.2. The van der Waals surface area contributed by atoms with E-state index in [1.807, 2.05) is 42.5 Å². The second-order valence-corrected chi connectivity index (χ2v) is 7.35. The molecule has 0 unspecified atom stereocenters. The number of nitrogens with one attached hydrogen (secondary N) is 2. The number of nitrogen functional groups attached to an aromatic ring is 2. The van der Waals surface area contributed by atoms with Crippen molar-refractivity contribution < 1.29 is 9.21 Å². The molecule has 0 saturated carbocycles. The highest BCUT2D eigenvalue weighted by Crippen LogP contribution is 2.31. The molecule has 2 heterocycles. The van der Waals surface area contributed by atoms with Crippen molar-refractivity contribution >= 4 is 55.7 Å². The summed E-state index contributed by atoms with van der Waals surface area (Å²) in [6.07, 6.45) is 1.64. The summed E-state index contributed by atoms with van der Waals surface area (Å²) in [6.45, 7) is 0.528. The molecular weight excluding hydrogens is 434 g/mol. The Hall–Kier alpha value is -3.52. The highest BCUT2D eigenvalue weighted by atomic mass is 79.9. The summed E-state index contributed by atoms with van der Waals surface area (Å²) >= 11 is 3.40. The van der Waals surface area contributed by atoms with E-state index in [0.29, 0.717) is 34.7 Å². The Morgan fingerprint density at radius 1 is 1.10 bits per heavy atom. The molecule has 0 atom stereocenters. The Morgan fingerprint density at radius 3 is 2.79 bits per heavy atom. The summed E-state index contributed by atoms with van der Waals surface area (Å²) in [7, 11) is 0. The summed E-state index contributed by atoms with van der Waals surface area (Å²) < 4.78 is 6.51. The van der Waals surface area contributed by atoms with Gasteiger partial charge in [0.2, 0.25) is 5.76 Å². The molecule has 8 heteroatoms. The summed E-state index contributed by atoms with van der Waals surface area (Å²) in [6, 6.07) is 16.6. The van der Waals surface area contributed by atoms with E-state index in [9.17, 15) is 4.79 Å². The molecule has 4 rings (SSSR count). The van der Waals surface area contributed by atoms with E-state index >= 15 is 0 Å². The van der Waals surface area contributed by atoms with Crippen LogP contribution in [-0.4, -0.2) is 10.9 Å². The van der Waals surface area contributed by atoms with Crippen LogP contribution in [0.5, 0.6) is 0 Å². The van der Waals surface area contributed by atoms with Gasteiger partial charge in [0.15, 0.2) is 0 Å². The smallest absolute Gasteiger partial charge is 0.293 e. The Kier molecular flexibility index (Phi) is 5.09. The van der Waals surface area contributed by atoms with Crippen molar-refractivity contribution in [2.45, 2.75) is 6.54 Å². The largest absolute Gasteiger partial charge is 0.449 e. The van der Waals surface area contributed by atoms with Crippen molar-refractivity contribution in [3.8, 4) is 0 Å². The van der Waals surface area contributed by atoms with E-state index < -0.39 is 5.91 Å². The van der Waals surface area contributed by atoms with Crippen molar-refractivity contribution in [2.75, 3.05) is 22.1 Å². The molecule has 2 aromatic carbocycles. The standard InChI is InChI=1S/C21H18BrN5O2/c22-13-6-7-17-15(10-13)18(23)19(29-17)21(28)27-14-4-1-3-12(9-14)11-26-16-5-2-8-25-20(16)24/h1-10,26H,11,23H2,(H2,24,25)(H,27,28). The summed E-state index contributed by atoms with van der Waals surface area (Å²) in [4.78, 5) is 16.7. The molecule has 1 amide bonds. The molecule has 146 valence electrons. The minimum atomic E-state index is -0.406. The summed E-state index contributed by atoms with van der Waals surface area (Å²) in [5, 5.41) is 6.76. The van der Waals surface area contributed by atoms with Crippen LogP contribution >= 0.6 is 15.9 Å². The number of amides is 1. The van der Waals surface area contributed by atoms with E-state index in [0.717, 1.165) is 15.7 Å². The first-order valence-corrected chi connectivity index (χ1v) is 9.63. The highest BCUT2D eigenvalue weighted by Gasteiger charge is 2.19. The number of aromatic nitrogens is 1. The van der Waals surface area contributed by atoms with Crippen LogP contribution in [0.15, 0.2) is 69.7 Å². The number of fused-ring (bicyclic) bond motifs is 1. The molecule has 0 aliphatic carbocycles. The van der Waals surface area contributed by atoms with E-state index in [-0.39, 0.29) is 5.76 Å². The molecule has 0 bridgehead atoms. The van der Waals surface area contributed by atoms with Crippen LogP contribution in [0.4, 0.5) is 22.9 Å². The average molecular weight is 452 g/mol.